The van der Waals surface area contributed by atoms with E-state index in [-0.39, 0.29) is 23.0 Å². The number of ether oxygens (including phenoxy) is 3. The molecule has 2 saturated heterocycles. The summed E-state index contributed by atoms with van der Waals surface area (Å²) < 4.78 is 21.4. The molecule has 6 aliphatic rings. The van der Waals surface area contributed by atoms with Gasteiger partial charge in [0.2, 0.25) is 0 Å². The lowest BCUT2D eigenvalue weighted by Crippen LogP contribution is -2.52. The molecule has 3 heterocycles. The third-order valence-corrected chi connectivity index (χ3v) is 13.7. The molecule has 1 aromatic carbocycles. The molecule has 9 nitrogen and oxygen atoms in total. The fraction of sp³-hybridized carbons (Fsp3) is 0.722. The van der Waals surface area contributed by atoms with Crippen LogP contribution < -0.4 is 0 Å². The summed E-state index contributed by atoms with van der Waals surface area (Å²) in [7, 11) is 0. The van der Waals surface area contributed by atoms with Crippen LogP contribution >= 0.6 is 0 Å². The van der Waals surface area contributed by atoms with Crippen LogP contribution in [0.3, 0.4) is 0 Å². The van der Waals surface area contributed by atoms with Crippen molar-refractivity contribution in [3.05, 3.63) is 57.9 Å². The summed E-state index contributed by atoms with van der Waals surface area (Å²) in [6.07, 6.45) is 15.3. The molecule has 1 spiro atoms. The number of allylic oxidation sites excluding steroid dienone is 1. The lowest BCUT2D eigenvalue weighted by atomic mass is 9.47. The van der Waals surface area contributed by atoms with Crippen molar-refractivity contribution in [1.29, 1.82) is 0 Å². The zero-order valence-corrected chi connectivity index (χ0v) is 27.2. The normalized spacial score (nSPS) is 43.7. The number of nitro benzene ring substituents is 1. The zero-order chi connectivity index (χ0) is 31.1. The molecular formula is C36H48N4O5. The average molecular weight is 617 g/mol. The highest BCUT2D eigenvalue weighted by molar-refractivity contribution is 5.51. The van der Waals surface area contributed by atoms with Crippen molar-refractivity contribution < 1.29 is 19.1 Å². The van der Waals surface area contributed by atoms with Crippen LogP contribution in [0.4, 0.5) is 5.69 Å². The Hall–Kier alpha value is -2.62. The second-order valence-corrected chi connectivity index (χ2v) is 15.9. The van der Waals surface area contributed by atoms with Crippen molar-refractivity contribution in [2.45, 2.75) is 110 Å². The second kappa shape index (κ2) is 10.7. The maximum Gasteiger partial charge on any atom is 0.294 e. The number of hydrogen-bond acceptors (Lipinski definition) is 7. The van der Waals surface area contributed by atoms with Crippen molar-refractivity contribution in [2.75, 3.05) is 6.61 Å². The average Bonchev–Trinajstić information content (AvgIpc) is 3.70. The predicted molar refractivity (Wildman–Crippen MR) is 168 cm³/mol. The molecule has 45 heavy (non-hydrogen) atoms. The van der Waals surface area contributed by atoms with E-state index in [1.54, 1.807) is 30.0 Å². The van der Waals surface area contributed by atoms with Gasteiger partial charge in [-0.05, 0) is 97.9 Å². The molecule has 1 aromatic heterocycles. The van der Waals surface area contributed by atoms with Crippen molar-refractivity contribution >= 4 is 5.69 Å². The summed E-state index contributed by atoms with van der Waals surface area (Å²) in [5.74, 6) is 3.54. The molecule has 2 aromatic rings. The first-order chi connectivity index (χ1) is 21.6. The van der Waals surface area contributed by atoms with Gasteiger partial charge in [0.15, 0.2) is 5.79 Å². The topological polar surface area (TPSA) is 102 Å². The van der Waals surface area contributed by atoms with E-state index in [1.807, 2.05) is 0 Å². The quantitative estimate of drug-likeness (QED) is 0.196. The summed E-state index contributed by atoms with van der Waals surface area (Å²) in [6.45, 7) is 11.1. The molecule has 0 N–H and O–H groups in total. The number of nitro groups is 1. The van der Waals surface area contributed by atoms with Crippen molar-refractivity contribution in [3.63, 3.8) is 0 Å². The first-order valence-electron chi connectivity index (χ1n) is 17.4. The molecule has 2 aliphatic heterocycles. The second-order valence-electron chi connectivity index (χ2n) is 15.9. The van der Waals surface area contributed by atoms with E-state index in [1.165, 1.54) is 42.9 Å². The van der Waals surface area contributed by atoms with Crippen LogP contribution in [0.5, 0.6) is 0 Å². The minimum Gasteiger partial charge on any atom is -0.371 e. The monoisotopic (exact) mass is 616 g/mol. The summed E-state index contributed by atoms with van der Waals surface area (Å²) in [4.78, 5) is 11.1. The third-order valence-electron chi connectivity index (χ3n) is 13.7. The summed E-state index contributed by atoms with van der Waals surface area (Å²) >= 11 is 0. The minimum atomic E-state index is -0.393. The summed E-state index contributed by atoms with van der Waals surface area (Å²) in [5, 5.41) is 19.9. The van der Waals surface area contributed by atoms with Gasteiger partial charge in [0.1, 0.15) is 11.4 Å². The molecule has 5 fully saturated rings. The third kappa shape index (κ3) is 4.58. The molecule has 8 rings (SSSR count). The highest BCUT2D eigenvalue weighted by Gasteiger charge is 2.68. The molecule has 9 heteroatoms. The minimum absolute atomic E-state index is 0.00618. The van der Waals surface area contributed by atoms with Gasteiger partial charge in [0, 0.05) is 18.4 Å². The van der Waals surface area contributed by atoms with Gasteiger partial charge in [-0.1, -0.05) is 56.7 Å². The van der Waals surface area contributed by atoms with E-state index in [0.29, 0.717) is 47.3 Å². The first-order valence-corrected chi connectivity index (χ1v) is 17.4. The highest BCUT2D eigenvalue weighted by Crippen LogP contribution is 2.70. The maximum absolute atomic E-state index is 11.5. The smallest absolute Gasteiger partial charge is 0.294 e. The Morgan fingerprint density at radius 1 is 1.11 bits per heavy atom. The largest absolute Gasteiger partial charge is 0.371 e. The van der Waals surface area contributed by atoms with Gasteiger partial charge in [0.05, 0.1) is 36.5 Å². The maximum atomic E-state index is 11.5. The summed E-state index contributed by atoms with van der Waals surface area (Å²) in [6, 6.07) is 6.59. The number of rotatable bonds is 5. The zero-order valence-electron chi connectivity index (χ0n) is 27.2. The Labute approximate surface area is 266 Å². The molecule has 11 atom stereocenters. The SMILES string of the molecule is C[C@@H]1CC[C@@]2(OC1)O[C@H]1C[C@H]3[C@@H]4CC=C5C[C@@H](OCc6cn(-c7ccccc7[N+](=O)[O-])nn6)CC[C@]5(C)[C@H]4CC[C@]3(C)[C@H]1[C@@H]2C. The molecule has 0 bridgehead atoms. The molecule has 0 amide bonds. The molecular weight excluding hydrogens is 568 g/mol. The molecule has 0 unspecified atom stereocenters. The van der Waals surface area contributed by atoms with Gasteiger partial charge in [-0.3, -0.25) is 10.1 Å². The standard InChI is InChI=1S/C36H48N4O5/c1-22-11-16-36(44-20-22)23(2)33-32(45-36)18-29-27-10-9-24-17-26(12-14-34(24,3)28(27)13-15-35(29,33)4)43-21-25-19-39(38-37-25)30-7-5-6-8-31(30)40(41)42/h5-9,19,22-23,26-29,32-33H,10-18,20-21H2,1-4H3/t22-,23+,26+,27-,28+,29+,32+,33+,34+,35+,36-/m1/s1. The van der Waals surface area contributed by atoms with Gasteiger partial charge >= 0.3 is 0 Å². The van der Waals surface area contributed by atoms with Crippen LogP contribution in [0.15, 0.2) is 42.1 Å². The predicted octanol–water partition coefficient (Wildman–Crippen LogP) is 7.43. The molecule has 242 valence electrons. The number of hydrogen-bond donors (Lipinski definition) is 0. The Balaban J connectivity index is 0.934. The van der Waals surface area contributed by atoms with Gasteiger partial charge in [-0.2, -0.15) is 0 Å². The number of aromatic nitrogens is 3. The number of para-hydroxylation sites is 2. The van der Waals surface area contributed by atoms with Gasteiger partial charge < -0.3 is 14.2 Å². The number of benzene rings is 1. The van der Waals surface area contributed by atoms with E-state index in [0.717, 1.165) is 50.0 Å². The van der Waals surface area contributed by atoms with Crippen LogP contribution in [0.2, 0.25) is 0 Å². The van der Waals surface area contributed by atoms with Crippen molar-refractivity contribution in [2.24, 2.45) is 46.3 Å². The molecule has 3 saturated carbocycles. The van der Waals surface area contributed by atoms with Crippen LogP contribution in [0.1, 0.15) is 91.2 Å². The lowest BCUT2D eigenvalue weighted by molar-refractivity contribution is -0.384. The number of nitrogens with zero attached hydrogens (tertiary/aromatic N) is 4. The van der Waals surface area contributed by atoms with Crippen molar-refractivity contribution in [3.8, 4) is 5.69 Å². The van der Waals surface area contributed by atoms with Crippen LogP contribution in [-0.2, 0) is 20.8 Å². The lowest BCUT2D eigenvalue weighted by Gasteiger charge is -2.58. The Bertz CT molecular complexity index is 1500. The van der Waals surface area contributed by atoms with Crippen molar-refractivity contribution in [1.82, 2.24) is 15.0 Å². The highest BCUT2D eigenvalue weighted by atomic mass is 16.7. The van der Waals surface area contributed by atoms with Gasteiger partial charge in [-0.25, -0.2) is 4.68 Å². The fourth-order valence-electron chi connectivity index (χ4n) is 11.3. The van der Waals surface area contributed by atoms with E-state index in [9.17, 15) is 10.1 Å². The Kier molecular flexibility index (Phi) is 7.08. The molecule has 4 aliphatic carbocycles. The van der Waals surface area contributed by atoms with Gasteiger partial charge in [0.25, 0.3) is 5.69 Å². The Morgan fingerprint density at radius 3 is 2.76 bits per heavy atom. The number of fused-ring (bicyclic) bond motifs is 7. The van der Waals surface area contributed by atoms with E-state index in [4.69, 9.17) is 14.2 Å². The van der Waals surface area contributed by atoms with E-state index in [2.05, 4.69) is 44.1 Å². The fourth-order valence-corrected chi connectivity index (χ4v) is 11.3. The first kappa shape index (κ1) is 29.8. The molecule has 0 radical (unpaired) electrons. The Morgan fingerprint density at radius 2 is 1.96 bits per heavy atom. The van der Waals surface area contributed by atoms with Crippen LogP contribution in [0.25, 0.3) is 5.69 Å². The van der Waals surface area contributed by atoms with Crippen LogP contribution in [-0.4, -0.2) is 44.5 Å². The van der Waals surface area contributed by atoms with E-state index < -0.39 is 4.92 Å². The summed E-state index contributed by atoms with van der Waals surface area (Å²) in [5.41, 5.74) is 3.27. The van der Waals surface area contributed by atoms with E-state index >= 15 is 0 Å². The van der Waals surface area contributed by atoms with Crippen LogP contribution in [0, 0.1) is 56.5 Å². The van der Waals surface area contributed by atoms with Gasteiger partial charge in [-0.15, -0.1) is 5.10 Å².